The van der Waals surface area contributed by atoms with Gasteiger partial charge in [0.1, 0.15) is 5.82 Å². The van der Waals surface area contributed by atoms with Gasteiger partial charge in [0.2, 0.25) is 0 Å². The predicted molar refractivity (Wildman–Crippen MR) is 84.5 cm³/mol. The fourth-order valence-electron chi connectivity index (χ4n) is 2.00. The Kier molecular flexibility index (Phi) is 5.20. The molecule has 0 N–H and O–H groups in total. The van der Waals surface area contributed by atoms with E-state index in [2.05, 4.69) is 29.1 Å². The lowest BCUT2D eigenvalue weighted by molar-refractivity contribution is 0.641. The molecule has 1 atom stereocenters. The van der Waals surface area contributed by atoms with Crippen molar-refractivity contribution < 1.29 is 0 Å². The molecule has 19 heavy (non-hydrogen) atoms. The van der Waals surface area contributed by atoms with E-state index in [1.54, 1.807) is 0 Å². The molecule has 0 saturated carbocycles. The van der Waals surface area contributed by atoms with Crippen molar-refractivity contribution in [2.24, 2.45) is 0 Å². The van der Waals surface area contributed by atoms with Crippen molar-refractivity contribution >= 4 is 35.8 Å². The lowest BCUT2D eigenvalue weighted by Gasteiger charge is -2.13. The number of hydrogen-bond acceptors (Lipinski definition) is 2. The van der Waals surface area contributed by atoms with E-state index < -0.39 is 0 Å². The summed E-state index contributed by atoms with van der Waals surface area (Å²) >= 11 is 16.6. The van der Waals surface area contributed by atoms with Crippen molar-refractivity contribution in [3.05, 3.63) is 52.6 Å². The van der Waals surface area contributed by atoms with Gasteiger partial charge in [0, 0.05) is 29.4 Å². The van der Waals surface area contributed by atoms with E-state index in [0.717, 1.165) is 28.6 Å². The zero-order valence-corrected chi connectivity index (χ0v) is 13.1. The topological polar surface area (TPSA) is 17.8 Å². The SMILES string of the molecule is CC(S)Cn1c(CCl)cnc1Cc1ccccc1Cl. The van der Waals surface area contributed by atoms with Crippen LogP contribution in [0.15, 0.2) is 30.5 Å². The fraction of sp³-hybridized carbons (Fsp3) is 0.357. The second-order valence-electron chi connectivity index (χ2n) is 4.53. The average molecular weight is 315 g/mol. The van der Waals surface area contributed by atoms with Gasteiger partial charge in [0.15, 0.2) is 0 Å². The van der Waals surface area contributed by atoms with Crippen LogP contribution in [-0.2, 0) is 18.8 Å². The van der Waals surface area contributed by atoms with Gasteiger partial charge in [0.25, 0.3) is 0 Å². The Labute approximate surface area is 129 Å². The zero-order valence-electron chi connectivity index (χ0n) is 10.7. The summed E-state index contributed by atoms with van der Waals surface area (Å²) in [6, 6.07) is 7.83. The first-order chi connectivity index (χ1) is 9.11. The van der Waals surface area contributed by atoms with Crippen LogP contribution in [0.3, 0.4) is 0 Å². The molecule has 0 aliphatic rings. The van der Waals surface area contributed by atoms with Crippen molar-refractivity contribution in [1.29, 1.82) is 0 Å². The Balaban J connectivity index is 2.30. The molecule has 5 heteroatoms. The van der Waals surface area contributed by atoms with Gasteiger partial charge < -0.3 is 4.57 Å². The highest BCUT2D eigenvalue weighted by Crippen LogP contribution is 2.20. The van der Waals surface area contributed by atoms with Gasteiger partial charge in [-0.05, 0) is 11.6 Å². The van der Waals surface area contributed by atoms with E-state index in [-0.39, 0.29) is 5.25 Å². The monoisotopic (exact) mass is 314 g/mol. The number of benzene rings is 1. The highest BCUT2D eigenvalue weighted by molar-refractivity contribution is 7.80. The Hall–Kier alpha value is -0.640. The number of hydrogen-bond donors (Lipinski definition) is 1. The minimum atomic E-state index is 0.251. The molecule has 0 aliphatic carbocycles. The lowest BCUT2D eigenvalue weighted by Crippen LogP contribution is -2.13. The third kappa shape index (κ3) is 3.68. The molecule has 0 amide bonds. The van der Waals surface area contributed by atoms with E-state index >= 15 is 0 Å². The van der Waals surface area contributed by atoms with Crippen molar-refractivity contribution in [3.63, 3.8) is 0 Å². The molecule has 1 aromatic carbocycles. The Bertz CT molecular complexity index is 552. The third-order valence-corrected chi connectivity index (χ3v) is 3.72. The van der Waals surface area contributed by atoms with Gasteiger partial charge >= 0.3 is 0 Å². The van der Waals surface area contributed by atoms with Crippen molar-refractivity contribution in [2.45, 2.75) is 31.0 Å². The standard InChI is InChI=1S/C14H16Cl2N2S/c1-10(19)9-18-12(7-15)8-17-14(18)6-11-4-2-3-5-13(11)16/h2-5,8,10,19H,6-7,9H2,1H3. The van der Waals surface area contributed by atoms with Gasteiger partial charge in [-0.3, -0.25) is 0 Å². The third-order valence-electron chi connectivity index (χ3n) is 2.91. The number of halogens is 2. The molecule has 0 bridgehead atoms. The van der Waals surface area contributed by atoms with Crippen LogP contribution in [-0.4, -0.2) is 14.8 Å². The van der Waals surface area contributed by atoms with Crippen LogP contribution in [0.2, 0.25) is 5.02 Å². The van der Waals surface area contributed by atoms with Crippen LogP contribution in [0, 0.1) is 0 Å². The van der Waals surface area contributed by atoms with Crippen LogP contribution in [0.4, 0.5) is 0 Å². The van der Waals surface area contributed by atoms with Gasteiger partial charge in [-0.25, -0.2) is 4.98 Å². The van der Waals surface area contributed by atoms with Crippen LogP contribution < -0.4 is 0 Å². The molecule has 2 nitrogen and oxygen atoms in total. The average Bonchev–Trinajstić information content (AvgIpc) is 2.74. The predicted octanol–water partition coefficient (Wildman–Crippen LogP) is 4.18. The molecule has 0 aliphatic heterocycles. The number of imidazole rings is 1. The summed E-state index contributed by atoms with van der Waals surface area (Å²) in [5.74, 6) is 1.43. The summed E-state index contributed by atoms with van der Waals surface area (Å²) in [4.78, 5) is 4.46. The van der Waals surface area contributed by atoms with E-state index in [0.29, 0.717) is 12.3 Å². The van der Waals surface area contributed by atoms with Gasteiger partial charge in [-0.2, -0.15) is 12.6 Å². The second-order valence-corrected chi connectivity index (χ2v) is 6.08. The maximum absolute atomic E-state index is 6.19. The maximum atomic E-state index is 6.19. The lowest BCUT2D eigenvalue weighted by atomic mass is 10.1. The molecule has 2 aromatic rings. The summed E-state index contributed by atoms with van der Waals surface area (Å²) in [7, 11) is 0. The highest BCUT2D eigenvalue weighted by Gasteiger charge is 2.12. The van der Waals surface area contributed by atoms with Gasteiger partial charge in [-0.1, -0.05) is 36.7 Å². The molecule has 1 heterocycles. The fourth-order valence-corrected chi connectivity index (χ4v) is 2.58. The van der Waals surface area contributed by atoms with Crippen LogP contribution >= 0.6 is 35.8 Å². The largest absolute Gasteiger partial charge is 0.330 e. The van der Waals surface area contributed by atoms with Crippen LogP contribution in [0.25, 0.3) is 0 Å². The van der Waals surface area contributed by atoms with E-state index in [1.807, 2.05) is 30.5 Å². The van der Waals surface area contributed by atoms with E-state index in [9.17, 15) is 0 Å². The van der Waals surface area contributed by atoms with Gasteiger partial charge in [-0.15, -0.1) is 11.6 Å². The number of alkyl halides is 1. The van der Waals surface area contributed by atoms with Crippen molar-refractivity contribution in [3.8, 4) is 0 Å². The molecule has 0 spiro atoms. The van der Waals surface area contributed by atoms with Crippen LogP contribution in [0.1, 0.15) is 24.0 Å². The first-order valence-electron chi connectivity index (χ1n) is 6.12. The number of rotatable bonds is 5. The molecule has 0 radical (unpaired) electrons. The maximum Gasteiger partial charge on any atom is 0.113 e. The molecule has 0 fully saturated rings. The minimum absolute atomic E-state index is 0.251. The second kappa shape index (κ2) is 6.69. The molecule has 1 unspecified atom stereocenters. The summed E-state index contributed by atoms with van der Waals surface area (Å²) in [6.07, 6.45) is 2.53. The Morgan fingerprint density at radius 3 is 2.74 bits per heavy atom. The highest BCUT2D eigenvalue weighted by atomic mass is 35.5. The summed E-state index contributed by atoms with van der Waals surface area (Å²) < 4.78 is 2.13. The van der Waals surface area contributed by atoms with E-state index in [1.165, 1.54) is 0 Å². The Morgan fingerprint density at radius 1 is 1.37 bits per heavy atom. The normalized spacial score (nSPS) is 12.6. The number of nitrogens with zero attached hydrogens (tertiary/aromatic N) is 2. The Morgan fingerprint density at radius 2 is 2.11 bits per heavy atom. The summed E-state index contributed by atoms with van der Waals surface area (Å²) in [6.45, 7) is 2.85. The van der Waals surface area contributed by atoms with E-state index in [4.69, 9.17) is 23.2 Å². The summed E-state index contributed by atoms with van der Waals surface area (Å²) in [5.41, 5.74) is 2.09. The molecule has 0 saturated heterocycles. The first kappa shape index (κ1) is 14.8. The molecule has 1 aromatic heterocycles. The molecular weight excluding hydrogens is 299 g/mol. The zero-order chi connectivity index (χ0) is 13.8. The molecular formula is C14H16Cl2N2S. The quantitative estimate of drug-likeness (QED) is 0.647. The van der Waals surface area contributed by atoms with Crippen molar-refractivity contribution in [2.75, 3.05) is 0 Å². The molecule has 102 valence electrons. The number of aromatic nitrogens is 2. The first-order valence-corrected chi connectivity index (χ1v) is 7.55. The smallest absolute Gasteiger partial charge is 0.113 e. The molecule has 2 rings (SSSR count). The van der Waals surface area contributed by atoms with Crippen LogP contribution in [0.5, 0.6) is 0 Å². The van der Waals surface area contributed by atoms with Gasteiger partial charge in [0.05, 0.1) is 11.6 Å². The summed E-state index contributed by atoms with van der Waals surface area (Å²) in [5, 5.41) is 1.02. The van der Waals surface area contributed by atoms with Crippen molar-refractivity contribution in [1.82, 2.24) is 9.55 Å². The number of thiol groups is 1. The minimum Gasteiger partial charge on any atom is -0.330 e.